The number of carbonyl (C=O) groups excluding carboxylic acids is 1. The molecule has 1 saturated heterocycles. The van der Waals surface area contributed by atoms with E-state index < -0.39 is 4.92 Å². The average molecular weight is 388 g/mol. The Bertz CT molecular complexity index is 878. The SMILES string of the molecule is Cc1nc(SC2CCN(c3cccc([N+](=O)[O-])c3)C2=O)n(CC(C)C)c1C. The Labute approximate surface area is 162 Å². The van der Waals surface area contributed by atoms with Crippen molar-refractivity contribution in [2.75, 3.05) is 11.4 Å². The summed E-state index contributed by atoms with van der Waals surface area (Å²) in [6.07, 6.45) is 0.693. The number of carbonyl (C=O) groups is 1. The molecule has 7 nitrogen and oxygen atoms in total. The van der Waals surface area contributed by atoms with E-state index in [0.29, 0.717) is 24.6 Å². The smallest absolute Gasteiger partial charge is 0.271 e. The van der Waals surface area contributed by atoms with Gasteiger partial charge in [-0.25, -0.2) is 4.98 Å². The zero-order valence-electron chi connectivity index (χ0n) is 16.0. The van der Waals surface area contributed by atoms with Crippen LogP contribution in [0, 0.1) is 29.9 Å². The van der Waals surface area contributed by atoms with Crippen LogP contribution >= 0.6 is 11.8 Å². The molecular weight excluding hydrogens is 364 g/mol. The molecule has 1 amide bonds. The van der Waals surface area contributed by atoms with E-state index >= 15 is 0 Å². The summed E-state index contributed by atoms with van der Waals surface area (Å²) in [6.45, 7) is 9.79. The molecular formula is C19H24N4O3S. The first-order valence-corrected chi connectivity index (χ1v) is 9.92. The first kappa shape index (κ1) is 19.4. The van der Waals surface area contributed by atoms with Gasteiger partial charge < -0.3 is 9.47 Å². The number of hydrogen-bond donors (Lipinski definition) is 0. The highest BCUT2D eigenvalue weighted by atomic mass is 32.2. The molecule has 0 radical (unpaired) electrons. The molecule has 1 aliphatic rings. The number of non-ortho nitro benzene ring substituents is 1. The van der Waals surface area contributed by atoms with E-state index in [1.54, 1.807) is 17.0 Å². The van der Waals surface area contributed by atoms with Crippen molar-refractivity contribution in [2.45, 2.75) is 51.1 Å². The van der Waals surface area contributed by atoms with Gasteiger partial charge in [-0.05, 0) is 32.3 Å². The van der Waals surface area contributed by atoms with Crippen LogP contribution in [0.4, 0.5) is 11.4 Å². The predicted molar refractivity (Wildman–Crippen MR) is 106 cm³/mol. The molecule has 2 aromatic rings. The van der Waals surface area contributed by atoms with E-state index in [1.165, 1.54) is 23.9 Å². The Kier molecular flexibility index (Phi) is 5.55. The van der Waals surface area contributed by atoms with E-state index in [4.69, 9.17) is 0 Å². The van der Waals surface area contributed by atoms with Crippen molar-refractivity contribution in [3.05, 3.63) is 45.8 Å². The molecule has 0 N–H and O–H groups in total. The lowest BCUT2D eigenvalue weighted by molar-refractivity contribution is -0.384. The molecule has 1 aromatic heterocycles. The van der Waals surface area contributed by atoms with E-state index in [9.17, 15) is 14.9 Å². The Morgan fingerprint density at radius 1 is 1.37 bits per heavy atom. The van der Waals surface area contributed by atoms with Crippen molar-refractivity contribution in [3.8, 4) is 0 Å². The van der Waals surface area contributed by atoms with Gasteiger partial charge in [-0.2, -0.15) is 0 Å². The van der Waals surface area contributed by atoms with Crippen LogP contribution in [-0.4, -0.2) is 32.2 Å². The standard InChI is InChI=1S/C19H24N4O3S/c1-12(2)11-22-14(4)13(3)20-19(22)27-17-8-9-21(18(17)24)15-6-5-7-16(10-15)23(25)26/h5-7,10,12,17H,8-9,11H2,1-4H3. The Morgan fingerprint density at radius 3 is 2.78 bits per heavy atom. The van der Waals surface area contributed by atoms with Crippen LogP contribution in [0.5, 0.6) is 0 Å². The van der Waals surface area contributed by atoms with E-state index in [1.807, 2.05) is 6.92 Å². The van der Waals surface area contributed by atoms with Gasteiger partial charge in [0.15, 0.2) is 5.16 Å². The molecule has 0 bridgehead atoms. The molecule has 2 heterocycles. The summed E-state index contributed by atoms with van der Waals surface area (Å²) in [7, 11) is 0. The molecule has 144 valence electrons. The summed E-state index contributed by atoms with van der Waals surface area (Å²) in [4.78, 5) is 29.8. The normalized spacial score (nSPS) is 17.1. The monoisotopic (exact) mass is 388 g/mol. The average Bonchev–Trinajstić information content (AvgIpc) is 3.10. The quantitative estimate of drug-likeness (QED) is 0.553. The number of nitrogens with zero attached hydrogens (tertiary/aromatic N) is 4. The van der Waals surface area contributed by atoms with Crippen LogP contribution < -0.4 is 4.90 Å². The number of benzene rings is 1. The van der Waals surface area contributed by atoms with Crippen molar-refractivity contribution >= 4 is 29.0 Å². The van der Waals surface area contributed by atoms with E-state index in [2.05, 4.69) is 30.3 Å². The maximum atomic E-state index is 12.9. The number of anilines is 1. The van der Waals surface area contributed by atoms with Gasteiger partial charge in [0.2, 0.25) is 5.91 Å². The van der Waals surface area contributed by atoms with Gasteiger partial charge in [0.1, 0.15) is 0 Å². The second kappa shape index (κ2) is 7.72. The number of thioether (sulfide) groups is 1. The van der Waals surface area contributed by atoms with Crippen LogP contribution in [0.15, 0.2) is 29.4 Å². The predicted octanol–water partition coefficient (Wildman–Crippen LogP) is 3.96. The number of amides is 1. The van der Waals surface area contributed by atoms with Crippen molar-refractivity contribution in [3.63, 3.8) is 0 Å². The molecule has 1 atom stereocenters. The summed E-state index contributed by atoms with van der Waals surface area (Å²) < 4.78 is 2.19. The molecule has 8 heteroatoms. The van der Waals surface area contributed by atoms with E-state index in [-0.39, 0.29) is 16.8 Å². The second-order valence-corrected chi connectivity index (χ2v) is 8.40. The van der Waals surface area contributed by atoms with Crippen LogP contribution in [-0.2, 0) is 11.3 Å². The summed E-state index contributed by atoms with van der Waals surface area (Å²) >= 11 is 1.50. The number of aryl methyl sites for hydroxylation is 1. The van der Waals surface area contributed by atoms with Crippen molar-refractivity contribution in [2.24, 2.45) is 5.92 Å². The molecule has 0 spiro atoms. The first-order chi connectivity index (χ1) is 12.8. The summed E-state index contributed by atoms with van der Waals surface area (Å²) in [5, 5.41) is 11.6. The number of rotatable bonds is 6. The minimum atomic E-state index is -0.440. The number of nitro benzene ring substituents is 1. The van der Waals surface area contributed by atoms with Gasteiger partial charge in [-0.15, -0.1) is 0 Å². The third-order valence-electron chi connectivity index (χ3n) is 4.73. The molecule has 1 unspecified atom stereocenters. The van der Waals surface area contributed by atoms with Crippen molar-refractivity contribution in [1.29, 1.82) is 0 Å². The molecule has 3 rings (SSSR count). The molecule has 1 aromatic carbocycles. The third kappa shape index (κ3) is 4.00. The zero-order chi connectivity index (χ0) is 19.7. The van der Waals surface area contributed by atoms with Gasteiger partial charge in [0.25, 0.3) is 5.69 Å². The summed E-state index contributed by atoms with van der Waals surface area (Å²) in [5.74, 6) is 0.465. The van der Waals surface area contributed by atoms with Crippen LogP contribution in [0.2, 0.25) is 0 Å². The maximum absolute atomic E-state index is 12.9. The lowest BCUT2D eigenvalue weighted by atomic mass is 10.2. The van der Waals surface area contributed by atoms with Crippen LogP contribution in [0.25, 0.3) is 0 Å². The largest absolute Gasteiger partial charge is 0.323 e. The number of imidazole rings is 1. The lowest BCUT2D eigenvalue weighted by Gasteiger charge is -2.17. The van der Waals surface area contributed by atoms with Crippen molar-refractivity contribution < 1.29 is 9.72 Å². The fourth-order valence-electron chi connectivity index (χ4n) is 3.21. The second-order valence-electron chi connectivity index (χ2n) is 7.23. The van der Waals surface area contributed by atoms with Crippen LogP contribution in [0.1, 0.15) is 31.7 Å². The summed E-state index contributed by atoms with van der Waals surface area (Å²) in [5.41, 5.74) is 2.69. The highest BCUT2D eigenvalue weighted by Crippen LogP contribution is 2.34. The summed E-state index contributed by atoms with van der Waals surface area (Å²) in [6, 6.07) is 6.25. The fourth-order valence-corrected chi connectivity index (χ4v) is 4.45. The molecule has 0 saturated carbocycles. The van der Waals surface area contributed by atoms with E-state index in [0.717, 1.165) is 23.1 Å². The Balaban J connectivity index is 1.79. The highest BCUT2D eigenvalue weighted by Gasteiger charge is 2.35. The number of aromatic nitrogens is 2. The van der Waals surface area contributed by atoms with Gasteiger partial charge in [0.05, 0.1) is 21.6 Å². The van der Waals surface area contributed by atoms with Crippen LogP contribution in [0.3, 0.4) is 0 Å². The lowest BCUT2D eigenvalue weighted by Crippen LogP contribution is -2.28. The molecule has 1 fully saturated rings. The number of nitro groups is 1. The minimum Gasteiger partial charge on any atom is -0.323 e. The maximum Gasteiger partial charge on any atom is 0.271 e. The fraction of sp³-hybridized carbons (Fsp3) is 0.474. The van der Waals surface area contributed by atoms with Crippen molar-refractivity contribution in [1.82, 2.24) is 9.55 Å². The first-order valence-electron chi connectivity index (χ1n) is 9.04. The van der Waals surface area contributed by atoms with Gasteiger partial charge in [0, 0.05) is 30.9 Å². The molecule has 1 aliphatic heterocycles. The molecule has 0 aliphatic carbocycles. The molecule has 27 heavy (non-hydrogen) atoms. The van der Waals surface area contributed by atoms with Gasteiger partial charge >= 0.3 is 0 Å². The number of hydrogen-bond acceptors (Lipinski definition) is 5. The third-order valence-corrected chi connectivity index (χ3v) is 5.97. The minimum absolute atomic E-state index is 0.00451. The van der Waals surface area contributed by atoms with Gasteiger partial charge in [-0.3, -0.25) is 14.9 Å². The van der Waals surface area contributed by atoms with Gasteiger partial charge in [-0.1, -0.05) is 31.7 Å². The Hall–Kier alpha value is -2.35. The topological polar surface area (TPSA) is 81.3 Å². The zero-order valence-corrected chi connectivity index (χ0v) is 16.8. The Morgan fingerprint density at radius 2 is 2.11 bits per heavy atom. The highest BCUT2D eigenvalue weighted by molar-refractivity contribution is 8.00.